The minimum atomic E-state index is 0.638. The zero-order chi connectivity index (χ0) is 13.7. The van der Waals surface area contributed by atoms with Crippen LogP contribution < -0.4 is 16.2 Å². The molecule has 0 bridgehead atoms. The molecule has 0 amide bonds. The number of aromatic nitrogens is 2. The van der Waals surface area contributed by atoms with Crippen LogP contribution in [0.1, 0.15) is 39.0 Å². The van der Waals surface area contributed by atoms with E-state index in [2.05, 4.69) is 43.1 Å². The lowest BCUT2D eigenvalue weighted by molar-refractivity contribution is 0.435. The molecule has 1 saturated heterocycles. The Morgan fingerprint density at radius 2 is 2.26 bits per heavy atom. The lowest BCUT2D eigenvalue weighted by Crippen LogP contribution is -2.26. The number of nitrogens with two attached hydrogens (primary N) is 1. The Kier molecular flexibility index (Phi) is 5.39. The molecule has 0 saturated carbocycles. The van der Waals surface area contributed by atoms with Crippen molar-refractivity contribution >= 4 is 27.6 Å². The molecule has 1 unspecified atom stereocenters. The molecule has 0 radical (unpaired) electrons. The minimum absolute atomic E-state index is 0.638. The average Bonchev–Trinajstić information content (AvgIpc) is 2.65. The predicted molar refractivity (Wildman–Crippen MR) is 82.0 cm³/mol. The zero-order valence-electron chi connectivity index (χ0n) is 11.4. The van der Waals surface area contributed by atoms with Gasteiger partial charge in [0, 0.05) is 13.1 Å². The van der Waals surface area contributed by atoms with Crippen LogP contribution in [0, 0.1) is 5.92 Å². The molecule has 2 heterocycles. The molecule has 2 rings (SSSR count). The topological polar surface area (TPSA) is 67.1 Å². The maximum Gasteiger partial charge on any atom is 0.159 e. The molecule has 1 fully saturated rings. The number of nitrogens with one attached hydrogen (secondary N) is 1. The zero-order valence-corrected chi connectivity index (χ0v) is 13.0. The van der Waals surface area contributed by atoms with E-state index in [1.807, 2.05) is 0 Å². The maximum atomic E-state index is 5.45. The van der Waals surface area contributed by atoms with Crippen molar-refractivity contribution in [2.24, 2.45) is 11.8 Å². The summed E-state index contributed by atoms with van der Waals surface area (Å²) in [5.41, 5.74) is 2.59. The smallest absolute Gasteiger partial charge is 0.159 e. The second-order valence-corrected chi connectivity index (χ2v) is 5.87. The highest BCUT2D eigenvalue weighted by Crippen LogP contribution is 2.31. The molecule has 1 aliphatic rings. The van der Waals surface area contributed by atoms with Crippen molar-refractivity contribution in [2.75, 3.05) is 23.4 Å². The first-order valence-corrected chi connectivity index (χ1v) is 7.77. The molecular formula is C13H22BrN5. The number of anilines is 2. The largest absolute Gasteiger partial charge is 0.356 e. The van der Waals surface area contributed by atoms with E-state index < -0.39 is 0 Å². The monoisotopic (exact) mass is 327 g/mol. The van der Waals surface area contributed by atoms with Crippen LogP contribution in [0.25, 0.3) is 0 Å². The van der Waals surface area contributed by atoms with Gasteiger partial charge in [-0.05, 0) is 41.1 Å². The fourth-order valence-electron chi connectivity index (χ4n) is 2.76. The summed E-state index contributed by atoms with van der Waals surface area (Å²) >= 11 is 3.54. The minimum Gasteiger partial charge on any atom is -0.356 e. The molecule has 3 N–H and O–H groups in total. The van der Waals surface area contributed by atoms with E-state index in [1.165, 1.54) is 32.1 Å². The normalized spacial score (nSPS) is 20.2. The number of hydrogen-bond donors (Lipinski definition) is 2. The third-order valence-electron chi connectivity index (χ3n) is 3.75. The second-order valence-electron chi connectivity index (χ2n) is 5.08. The Balaban J connectivity index is 2.10. The van der Waals surface area contributed by atoms with E-state index in [1.54, 1.807) is 6.33 Å². The Labute approximate surface area is 123 Å². The highest BCUT2D eigenvalue weighted by atomic mass is 79.9. The Hall–Kier alpha value is -0.880. The molecule has 1 aromatic heterocycles. The summed E-state index contributed by atoms with van der Waals surface area (Å²) in [5.74, 6) is 7.90. The molecule has 1 aromatic rings. The van der Waals surface area contributed by atoms with Crippen molar-refractivity contribution in [1.82, 2.24) is 9.97 Å². The number of hydrogen-bond acceptors (Lipinski definition) is 5. The first-order chi connectivity index (χ1) is 9.26. The summed E-state index contributed by atoms with van der Waals surface area (Å²) < 4.78 is 0.853. The Morgan fingerprint density at radius 1 is 1.42 bits per heavy atom. The summed E-state index contributed by atoms with van der Waals surface area (Å²) in [5, 5.41) is 0. The van der Waals surface area contributed by atoms with Crippen LogP contribution >= 0.6 is 15.9 Å². The Morgan fingerprint density at radius 3 is 3.00 bits per heavy atom. The van der Waals surface area contributed by atoms with E-state index in [0.29, 0.717) is 5.82 Å². The van der Waals surface area contributed by atoms with Gasteiger partial charge in [0.2, 0.25) is 0 Å². The van der Waals surface area contributed by atoms with Crippen molar-refractivity contribution in [2.45, 2.75) is 39.0 Å². The molecule has 19 heavy (non-hydrogen) atoms. The Bertz CT molecular complexity index is 412. The van der Waals surface area contributed by atoms with Gasteiger partial charge in [0.15, 0.2) is 5.82 Å². The van der Waals surface area contributed by atoms with Crippen LogP contribution in [0.4, 0.5) is 11.6 Å². The van der Waals surface area contributed by atoms with Gasteiger partial charge in [0.1, 0.15) is 16.6 Å². The van der Waals surface area contributed by atoms with E-state index in [0.717, 1.165) is 29.3 Å². The van der Waals surface area contributed by atoms with Crippen LogP contribution in [0.15, 0.2) is 10.8 Å². The summed E-state index contributed by atoms with van der Waals surface area (Å²) in [7, 11) is 0. The van der Waals surface area contributed by atoms with Gasteiger partial charge in [-0.25, -0.2) is 15.8 Å². The first-order valence-electron chi connectivity index (χ1n) is 6.98. The fourth-order valence-corrected chi connectivity index (χ4v) is 3.33. The quantitative estimate of drug-likeness (QED) is 0.657. The van der Waals surface area contributed by atoms with Gasteiger partial charge in [-0.1, -0.05) is 19.8 Å². The molecule has 1 atom stereocenters. The van der Waals surface area contributed by atoms with E-state index in [-0.39, 0.29) is 0 Å². The first kappa shape index (κ1) is 14.5. The molecular weight excluding hydrogens is 306 g/mol. The SMILES string of the molecule is CCCC1CCCN(c2ncnc(NN)c2Br)CC1. The third kappa shape index (κ3) is 3.57. The van der Waals surface area contributed by atoms with Crippen LogP contribution in [0.3, 0.4) is 0 Å². The van der Waals surface area contributed by atoms with E-state index in [4.69, 9.17) is 5.84 Å². The molecule has 6 heteroatoms. The van der Waals surface area contributed by atoms with Crippen LogP contribution in [0.5, 0.6) is 0 Å². The molecule has 0 spiro atoms. The highest BCUT2D eigenvalue weighted by molar-refractivity contribution is 9.10. The number of nitrogen functional groups attached to an aromatic ring is 1. The van der Waals surface area contributed by atoms with Crippen LogP contribution in [0.2, 0.25) is 0 Å². The molecule has 0 aromatic carbocycles. The predicted octanol–water partition coefficient (Wildman–Crippen LogP) is 2.93. The summed E-state index contributed by atoms with van der Waals surface area (Å²) in [6.07, 6.45) is 7.98. The van der Waals surface area contributed by atoms with Crippen LogP contribution in [-0.4, -0.2) is 23.1 Å². The lowest BCUT2D eigenvalue weighted by Gasteiger charge is -2.23. The summed E-state index contributed by atoms with van der Waals surface area (Å²) in [6, 6.07) is 0. The van der Waals surface area contributed by atoms with Crippen molar-refractivity contribution in [1.29, 1.82) is 0 Å². The van der Waals surface area contributed by atoms with Gasteiger partial charge in [0.25, 0.3) is 0 Å². The highest BCUT2D eigenvalue weighted by Gasteiger charge is 2.20. The lowest BCUT2D eigenvalue weighted by atomic mass is 9.96. The fraction of sp³-hybridized carbons (Fsp3) is 0.692. The third-order valence-corrected chi connectivity index (χ3v) is 4.48. The molecule has 106 valence electrons. The van der Waals surface area contributed by atoms with Crippen molar-refractivity contribution in [3.63, 3.8) is 0 Å². The second kappa shape index (κ2) is 7.05. The maximum absolute atomic E-state index is 5.45. The van der Waals surface area contributed by atoms with Crippen molar-refractivity contribution in [3.8, 4) is 0 Å². The molecule has 0 aliphatic carbocycles. The standard InChI is InChI=1S/C13H22BrN5/c1-2-4-10-5-3-7-19(8-6-10)13-11(14)12(18-15)16-9-17-13/h9-10H,2-8,15H2,1H3,(H,16,17,18). The average molecular weight is 328 g/mol. The van der Waals surface area contributed by atoms with Gasteiger partial charge in [-0.2, -0.15) is 0 Å². The molecule has 5 nitrogen and oxygen atoms in total. The van der Waals surface area contributed by atoms with Crippen molar-refractivity contribution in [3.05, 3.63) is 10.8 Å². The number of rotatable bonds is 4. The van der Waals surface area contributed by atoms with Gasteiger partial charge in [0.05, 0.1) is 0 Å². The van der Waals surface area contributed by atoms with Gasteiger partial charge < -0.3 is 10.3 Å². The van der Waals surface area contributed by atoms with E-state index >= 15 is 0 Å². The van der Waals surface area contributed by atoms with Gasteiger partial charge in [-0.15, -0.1) is 0 Å². The summed E-state index contributed by atoms with van der Waals surface area (Å²) in [4.78, 5) is 10.8. The van der Waals surface area contributed by atoms with E-state index in [9.17, 15) is 0 Å². The number of hydrazine groups is 1. The number of nitrogens with zero attached hydrogens (tertiary/aromatic N) is 3. The molecule has 1 aliphatic heterocycles. The van der Waals surface area contributed by atoms with Gasteiger partial charge >= 0.3 is 0 Å². The van der Waals surface area contributed by atoms with Crippen molar-refractivity contribution < 1.29 is 0 Å². The summed E-state index contributed by atoms with van der Waals surface area (Å²) in [6.45, 7) is 4.38. The van der Waals surface area contributed by atoms with Crippen LogP contribution in [-0.2, 0) is 0 Å². The number of halogens is 1. The van der Waals surface area contributed by atoms with Gasteiger partial charge in [-0.3, -0.25) is 0 Å².